The van der Waals surface area contributed by atoms with Crippen molar-refractivity contribution in [2.75, 3.05) is 5.32 Å². The third-order valence-corrected chi connectivity index (χ3v) is 2.36. The van der Waals surface area contributed by atoms with Gasteiger partial charge in [0, 0.05) is 5.69 Å². The normalized spacial score (nSPS) is 10.9. The lowest BCUT2D eigenvalue weighted by atomic mass is 10.0. The van der Waals surface area contributed by atoms with Gasteiger partial charge in [-0.1, -0.05) is 37.4 Å². The van der Waals surface area contributed by atoms with Gasteiger partial charge in [-0.2, -0.15) is 0 Å². The third kappa shape index (κ3) is 2.59. The largest absolute Gasteiger partial charge is 0.362 e. The van der Waals surface area contributed by atoms with Crippen LogP contribution in [0.4, 0.5) is 5.69 Å². The van der Waals surface area contributed by atoms with Gasteiger partial charge in [-0.25, -0.2) is 0 Å². The molecule has 0 aliphatic carbocycles. The third-order valence-electron chi connectivity index (χ3n) is 2.36. The number of aryl methyl sites for hydroxylation is 1. The zero-order valence-electron chi connectivity index (χ0n) is 9.38. The molecule has 0 amide bonds. The highest BCUT2D eigenvalue weighted by Crippen LogP contribution is 2.22. The van der Waals surface area contributed by atoms with E-state index in [9.17, 15) is 0 Å². The molecular weight excluding hydrogens is 182 g/mol. The van der Waals surface area contributed by atoms with Gasteiger partial charge >= 0.3 is 0 Å². The van der Waals surface area contributed by atoms with Crippen molar-refractivity contribution in [3.8, 4) is 0 Å². The van der Waals surface area contributed by atoms with E-state index in [0.717, 1.165) is 11.3 Å². The molecule has 0 unspecified atom stereocenters. The summed E-state index contributed by atoms with van der Waals surface area (Å²) in [5.41, 5.74) is 4.60. The fraction of sp³-hybridized carbons (Fsp3) is 0.143. The molecule has 1 rings (SSSR count). The molecule has 0 aliphatic heterocycles. The van der Waals surface area contributed by atoms with Crippen LogP contribution in [0.15, 0.2) is 49.7 Å². The maximum atomic E-state index is 3.80. The molecule has 0 saturated heterocycles. The molecule has 0 saturated carbocycles. The molecule has 0 aliphatic rings. The first-order valence-electron chi connectivity index (χ1n) is 5.00. The van der Waals surface area contributed by atoms with Gasteiger partial charge in [-0.05, 0) is 42.8 Å². The van der Waals surface area contributed by atoms with E-state index >= 15 is 0 Å². The lowest BCUT2D eigenvalue weighted by Gasteiger charge is -2.09. The molecule has 0 fully saturated rings. The smallest absolute Gasteiger partial charge is 0.0415 e. The van der Waals surface area contributed by atoms with Crippen LogP contribution in [-0.2, 0) is 0 Å². The average Bonchev–Trinajstić information content (AvgIpc) is 2.25. The number of rotatable bonds is 4. The predicted octanol–water partition coefficient (Wildman–Crippen LogP) is 4.14. The second kappa shape index (κ2) is 5.20. The van der Waals surface area contributed by atoms with Gasteiger partial charge in [0.15, 0.2) is 0 Å². The molecule has 78 valence electrons. The van der Waals surface area contributed by atoms with E-state index < -0.39 is 0 Å². The summed E-state index contributed by atoms with van der Waals surface area (Å²) >= 11 is 0. The zero-order chi connectivity index (χ0) is 11.3. The van der Waals surface area contributed by atoms with Gasteiger partial charge in [0.05, 0.1) is 0 Å². The highest BCUT2D eigenvalue weighted by molar-refractivity contribution is 5.76. The fourth-order valence-electron chi connectivity index (χ4n) is 1.47. The van der Waals surface area contributed by atoms with Crippen LogP contribution in [0.3, 0.4) is 0 Å². The van der Waals surface area contributed by atoms with Gasteiger partial charge in [0.2, 0.25) is 0 Å². The second-order valence-electron chi connectivity index (χ2n) is 3.33. The van der Waals surface area contributed by atoms with E-state index in [0.29, 0.717) is 0 Å². The molecule has 1 N–H and O–H groups in total. The highest BCUT2D eigenvalue weighted by atomic mass is 14.8. The predicted molar refractivity (Wildman–Crippen MR) is 68.8 cm³/mol. The Balaban J connectivity index is 3.17. The minimum atomic E-state index is 1.09. The minimum Gasteiger partial charge on any atom is -0.362 e. The van der Waals surface area contributed by atoms with Crippen LogP contribution in [0.2, 0.25) is 0 Å². The van der Waals surface area contributed by atoms with Crippen molar-refractivity contribution in [1.29, 1.82) is 0 Å². The first-order chi connectivity index (χ1) is 7.22. The first-order valence-corrected chi connectivity index (χ1v) is 5.00. The Hall–Kier alpha value is -1.76. The molecule has 1 aromatic carbocycles. The molecule has 1 heteroatoms. The second-order valence-corrected chi connectivity index (χ2v) is 3.33. The van der Waals surface area contributed by atoms with E-state index in [4.69, 9.17) is 0 Å². The van der Waals surface area contributed by atoms with Crippen LogP contribution in [-0.4, -0.2) is 0 Å². The van der Waals surface area contributed by atoms with Crippen LogP contribution in [0.25, 0.3) is 5.57 Å². The molecule has 0 spiro atoms. The minimum absolute atomic E-state index is 1.09. The van der Waals surface area contributed by atoms with Gasteiger partial charge < -0.3 is 5.32 Å². The zero-order valence-corrected chi connectivity index (χ0v) is 9.38. The van der Waals surface area contributed by atoms with E-state index in [1.807, 2.05) is 13.0 Å². The summed E-state index contributed by atoms with van der Waals surface area (Å²) in [6.45, 7) is 11.5. The summed E-state index contributed by atoms with van der Waals surface area (Å²) in [6, 6.07) is 6.29. The first kappa shape index (κ1) is 11.3. The SMILES string of the molecule is C=CNc1cc(/C(C=C)=C/C)ccc1C. The summed E-state index contributed by atoms with van der Waals surface area (Å²) < 4.78 is 0. The lowest BCUT2D eigenvalue weighted by Crippen LogP contribution is -1.92. The van der Waals surface area contributed by atoms with Gasteiger partial charge in [0.25, 0.3) is 0 Å². The Morgan fingerprint density at radius 1 is 1.33 bits per heavy atom. The summed E-state index contributed by atoms with van der Waals surface area (Å²) in [4.78, 5) is 0. The summed E-state index contributed by atoms with van der Waals surface area (Å²) in [7, 11) is 0. The summed E-state index contributed by atoms with van der Waals surface area (Å²) in [5.74, 6) is 0. The molecule has 0 heterocycles. The molecular formula is C14H17N. The van der Waals surface area contributed by atoms with Crippen molar-refractivity contribution in [2.45, 2.75) is 13.8 Å². The quantitative estimate of drug-likeness (QED) is 0.719. The number of hydrogen-bond donors (Lipinski definition) is 1. The Bertz CT molecular complexity index is 400. The van der Waals surface area contributed by atoms with Crippen molar-refractivity contribution in [1.82, 2.24) is 0 Å². The number of nitrogens with one attached hydrogen (secondary N) is 1. The molecule has 0 radical (unpaired) electrons. The monoisotopic (exact) mass is 199 g/mol. The van der Waals surface area contributed by atoms with Crippen molar-refractivity contribution in [3.63, 3.8) is 0 Å². The maximum Gasteiger partial charge on any atom is 0.0415 e. The number of benzene rings is 1. The Kier molecular flexibility index (Phi) is 3.92. The van der Waals surface area contributed by atoms with Crippen molar-refractivity contribution in [3.05, 3.63) is 60.8 Å². The Morgan fingerprint density at radius 2 is 2.07 bits per heavy atom. The number of anilines is 1. The average molecular weight is 199 g/mol. The molecule has 1 aromatic rings. The number of hydrogen-bond acceptors (Lipinski definition) is 1. The van der Waals surface area contributed by atoms with Crippen LogP contribution < -0.4 is 5.32 Å². The van der Waals surface area contributed by atoms with Crippen molar-refractivity contribution >= 4 is 11.3 Å². The standard InChI is InChI=1S/C14H17N/c1-5-12(6-2)13-9-8-11(4)14(10-13)15-7-3/h5-10,15H,1,3H2,2,4H3/b12-6+. The van der Waals surface area contributed by atoms with Crippen LogP contribution in [0.5, 0.6) is 0 Å². The van der Waals surface area contributed by atoms with Crippen LogP contribution >= 0.6 is 0 Å². The van der Waals surface area contributed by atoms with E-state index in [2.05, 4.69) is 49.7 Å². The Labute approximate surface area is 91.8 Å². The topological polar surface area (TPSA) is 12.0 Å². The van der Waals surface area contributed by atoms with E-state index in [-0.39, 0.29) is 0 Å². The molecule has 1 nitrogen and oxygen atoms in total. The van der Waals surface area contributed by atoms with Crippen molar-refractivity contribution < 1.29 is 0 Å². The van der Waals surface area contributed by atoms with Gasteiger partial charge in [-0.3, -0.25) is 0 Å². The lowest BCUT2D eigenvalue weighted by molar-refractivity contribution is 1.42. The van der Waals surface area contributed by atoms with Crippen molar-refractivity contribution in [2.24, 2.45) is 0 Å². The molecule has 0 aromatic heterocycles. The summed E-state index contributed by atoms with van der Waals surface area (Å²) in [5, 5.41) is 3.12. The fourth-order valence-corrected chi connectivity index (χ4v) is 1.47. The highest BCUT2D eigenvalue weighted by Gasteiger charge is 2.00. The van der Waals surface area contributed by atoms with E-state index in [1.165, 1.54) is 11.1 Å². The maximum absolute atomic E-state index is 3.80. The molecule has 0 bridgehead atoms. The number of allylic oxidation sites excluding steroid dienone is 3. The van der Waals surface area contributed by atoms with Gasteiger partial charge in [0.1, 0.15) is 0 Å². The molecule has 0 atom stereocenters. The Morgan fingerprint density at radius 3 is 2.60 bits per heavy atom. The molecule has 15 heavy (non-hydrogen) atoms. The summed E-state index contributed by atoms with van der Waals surface area (Å²) in [6.07, 6.45) is 5.60. The van der Waals surface area contributed by atoms with Crippen LogP contribution in [0.1, 0.15) is 18.1 Å². The van der Waals surface area contributed by atoms with E-state index in [1.54, 1.807) is 6.20 Å². The van der Waals surface area contributed by atoms with Gasteiger partial charge in [-0.15, -0.1) is 0 Å². The van der Waals surface area contributed by atoms with Crippen LogP contribution in [0, 0.1) is 6.92 Å².